The summed E-state index contributed by atoms with van der Waals surface area (Å²) in [4.78, 5) is 62.7. The third-order valence-corrected chi connectivity index (χ3v) is 4.71. The van der Waals surface area contributed by atoms with E-state index in [9.17, 15) is 24.0 Å². The van der Waals surface area contributed by atoms with Gasteiger partial charge in [-0.05, 0) is 49.4 Å². The number of rotatable bonds is 7. The van der Waals surface area contributed by atoms with Crippen LogP contribution in [-0.4, -0.2) is 54.2 Å². The van der Waals surface area contributed by atoms with Crippen molar-refractivity contribution >= 4 is 29.5 Å². The number of esters is 3. The molecule has 0 saturated heterocycles. The van der Waals surface area contributed by atoms with Crippen molar-refractivity contribution < 1.29 is 33.4 Å². The van der Waals surface area contributed by atoms with E-state index < -0.39 is 30.4 Å². The first-order valence-corrected chi connectivity index (χ1v) is 9.89. The van der Waals surface area contributed by atoms with E-state index in [-0.39, 0.29) is 28.1 Å². The largest absolute Gasteiger partial charge is 0.465 e. The molecule has 1 aromatic heterocycles. The van der Waals surface area contributed by atoms with Gasteiger partial charge in [0.25, 0.3) is 5.91 Å². The van der Waals surface area contributed by atoms with E-state index in [0.29, 0.717) is 11.4 Å². The van der Waals surface area contributed by atoms with Crippen molar-refractivity contribution in [2.75, 3.05) is 26.1 Å². The molecular formula is C23H21N3O8. The van der Waals surface area contributed by atoms with Crippen molar-refractivity contribution in [3.8, 4) is 5.69 Å². The molecule has 0 radical (unpaired) electrons. The average molecular weight is 467 g/mol. The Balaban J connectivity index is 1.65. The minimum atomic E-state index is -0.751. The number of benzene rings is 2. The summed E-state index contributed by atoms with van der Waals surface area (Å²) in [6, 6.07) is 9.97. The molecule has 0 aliphatic rings. The number of hydrogen-bond donors (Lipinski definition) is 2. The van der Waals surface area contributed by atoms with E-state index in [2.05, 4.69) is 19.8 Å². The summed E-state index contributed by atoms with van der Waals surface area (Å²) in [5.74, 6) is -2.88. The Morgan fingerprint density at radius 1 is 0.882 bits per heavy atom. The van der Waals surface area contributed by atoms with E-state index in [1.807, 2.05) is 0 Å². The van der Waals surface area contributed by atoms with Crippen LogP contribution in [0.2, 0.25) is 0 Å². The van der Waals surface area contributed by atoms with Crippen LogP contribution in [0.25, 0.3) is 5.69 Å². The van der Waals surface area contributed by atoms with Crippen LogP contribution in [0.4, 0.5) is 5.69 Å². The Labute approximate surface area is 193 Å². The van der Waals surface area contributed by atoms with Crippen LogP contribution < -0.4 is 11.0 Å². The summed E-state index contributed by atoms with van der Waals surface area (Å²) in [7, 11) is 2.35. The molecule has 0 spiro atoms. The molecule has 0 aliphatic heterocycles. The molecule has 11 heteroatoms. The van der Waals surface area contributed by atoms with Gasteiger partial charge in [0.05, 0.1) is 36.6 Å². The maximum absolute atomic E-state index is 12.3. The fourth-order valence-corrected chi connectivity index (χ4v) is 3.11. The highest BCUT2D eigenvalue weighted by atomic mass is 16.5. The fraction of sp³-hybridized carbons (Fsp3) is 0.174. The molecule has 176 valence electrons. The first-order chi connectivity index (χ1) is 16.2. The summed E-state index contributed by atoms with van der Waals surface area (Å²) >= 11 is 0. The third kappa shape index (κ3) is 5.38. The van der Waals surface area contributed by atoms with Crippen LogP contribution in [0.3, 0.4) is 0 Å². The smallest absolute Gasteiger partial charge is 0.338 e. The zero-order valence-electron chi connectivity index (χ0n) is 18.5. The van der Waals surface area contributed by atoms with Crippen LogP contribution in [0.15, 0.2) is 53.5 Å². The molecule has 11 nitrogen and oxygen atoms in total. The third-order valence-electron chi connectivity index (χ3n) is 4.71. The second-order valence-electron chi connectivity index (χ2n) is 7.02. The predicted octanol–water partition coefficient (Wildman–Crippen LogP) is 1.84. The van der Waals surface area contributed by atoms with Crippen molar-refractivity contribution in [3.63, 3.8) is 0 Å². The first kappa shape index (κ1) is 24.0. The van der Waals surface area contributed by atoms with Crippen LogP contribution in [0, 0.1) is 6.92 Å². The molecule has 0 bridgehead atoms. The summed E-state index contributed by atoms with van der Waals surface area (Å²) in [6.07, 6.45) is 1.57. The van der Waals surface area contributed by atoms with E-state index >= 15 is 0 Å². The molecule has 1 amide bonds. The van der Waals surface area contributed by atoms with E-state index in [1.165, 1.54) is 49.1 Å². The van der Waals surface area contributed by atoms with Crippen molar-refractivity contribution in [2.45, 2.75) is 6.92 Å². The second-order valence-corrected chi connectivity index (χ2v) is 7.02. The topological polar surface area (TPSA) is 146 Å². The minimum absolute atomic E-state index is 0.0227. The average Bonchev–Trinajstić information content (AvgIpc) is 3.18. The van der Waals surface area contributed by atoms with Gasteiger partial charge in [-0.1, -0.05) is 0 Å². The summed E-state index contributed by atoms with van der Waals surface area (Å²) in [5, 5.41) is 2.45. The van der Waals surface area contributed by atoms with Crippen LogP contribution in [0.1, 0.15) is 36.8 Å². The van der Waals surface area contributed by atoms with Crippen molar-refractivity contribution in [2.24, 2.45) is 0 Å². The Morgan fingerprint density at radius 2 is 1.47 bits per heavy atom. The number of nitrogens with zero attached hydrogens (tertiary/aromatic N) is 1. The number of hydrogen-bond acceptors (Lipinski definition) is 8. The zero-order chi connectivity index (χ0) is 24.8. The molecular weight excluding hydrogens is 446 g/mol. The number of nitrogens with one attached hydrogen (secondary N) is 2. The normalized spacial score (nSPS) is 10.3. The van der Waals surface area contributed by atoms with Crippen LogP contribution >= 0.6 is 0 Å². The monoisotopic (exact) mass is 467 g/mol. The van der Waals surface area contributed by atoms with E-state index in [1.54, 1.807) is 25.3 Å². The molecule has 3 rings (SSSR count). The molecule has 0 fully saturated rings. The minimum Gasteiger partial charge on any atom is -0.465 e. The number of aromatic nitrogens is 2. The maximum Gasteiger partial charge on any atom is 0.338 e. The van der Waals surface area contributed by atoms with Gasteiger partial charge in [-0.25, -0.2) is 19.2 Å². The van der Waals surface area contributed by atoms with Gasteiger partial charge in [0.15, 0.2) is 6.61 Å². The zero-order valence-corrected chi connectivity index (χ0v) is 18.5. The second kappa shape index (κ2) is 10.3. The number of imidazole rings is 1. The lowest BCUT2D eigenvalue weighted by Crippen LogP contribution is -2.21. The number of carbonyl (C=O) groups is 4. The van der Waals surface area contributed by atoms with Crippen molar-refractivity contribution in [3.05, 3.63) is 81.5 Å². The number of H-pyrrole nitrogens is 1. The van der Waals surface area contributed by atoms with Gasteiger partial charge in [-0.2, -0.15) is 0 Å². The highest BCUT2D eigenvalue weighted by Crippen LogP contribution is 2.17. The van der Waals surface area contributed by atoms with Gasteiger partial charge >= 0.3 is 23.6 Å². The van der Waals surface area contributed by atoms with Crippen LogP contribution in [-0.2, 0) is 19.0 Å². The Kier molecular flexibility index (Phi) is 7.26. The van der Waals surface area contributed by atoms with Gasteiger partial charge in [0, 0.05) is 17.6 Å². The first-order valence-electron chi connectivity index (χ1n) is 9.89. The molecule has 0 atom stereocenters. The Morgan fingerprint density at radius 3 is 1.97 bits per heavy atom. The summed E-state index contributed by atoms with van der Waals surface area (Å²) < 4.78 is 15.8. The quantitative estimate of drug-likeness (QED) is 0.395. The van der Waals surface area contributed by atoms with Gasteiger partial charge in [0.1, 0.15) is 0 Å². The molecule has 0 aliphatic carbocycles. The standard InChI is InChI=1S/C23H21N3O8/c1-13-11-24-23(31)26(13)18-6-4-14(5-7-18)22(30)34-12-19(27)25-17-9-15(20(28)32-2)8-16(10-17)21(29)33-3/h4-11H,12H2,1-3H3,(H,24,31)(H,25,27). The van der Waals surface area contributed by atoms with Crippen molar-refractivity contribution in [1.82, 2.24) is 9.55 Å². The number of carbonyl (C=O) groups excluding carboxylic acids is 4. The Hall–Kier alpha value is -4.67. The molecule has 2 N–H and O–H groups in total. The van der Waals surface area contributed by atoms with Gasteiger partial charge in [0.2, 0.25) is 0 Å². The molecule has 0 unspecified atom stereocenters. The van der Waals surface area contributed by atoms with E-state index in [4.69, 9.17) is 4.74 Å². The lowest BCUT2D eigenvalue weighted by molar-refractivity contribution is -0.119. The molecule has 34 heavy (non-hydrogen) atoms. The molecule has 3 aromatic rings. The van der Waals surface area contributed by atoms with Gasteiger partial charge in [-0.3, -0.25) is 9.36 Å². The number of aryl methyl sites for hydroxylation is 1. The van der Waals surface area contributed by atoms with Gasteiger partial charge in [-0.15, -0.1) is 0 Å². The van der Waals surface area contributed by atoms with E-state index in [0.717, 1.165) is 0 Å². The number of aromatic amines is 1. The highest BCUT2D eigenvalue weighted by Gasteiger charge is 2.16. The summed E-state index contributed by atoms with van der Waals surface area (Å²) in [6.45, 7) is 1.14. The molecule has 2 aromatic carbocycles. The number of ether oxygens (including phenoxy) is 3. The SMILES string of the molecule is COC(=O)c1cc(NC(=O)COC(=O)c2ccc(-n3c(C)c[nH]c3=O)cc2)cc(C(=O)OC)c1. The number of amides is 1. The molecule has 0 saturated carbocycles. The lowest BCUT2D eigenvalue weighted by atomic mass is 10.1. The number of anilines is 1. The van der Waals surface area contributed by atoms with Crippen LogP contribution in [0.5, 0.6) is 0 Å². The van der Waals surface area contributed by atoms with Gasteiger partial charge < -0.3 is 24.5 Å². The number of methoxy groups -OCH3 is 2. The lowest BCUT2D eigenvalue weighted by Gasteiger charge is -2.10. The maximum atomic E-state index is 12.3. The fourth-order valence-electron chi connectivity index (χ4n) is 3.11. The summed E-state index contributed by atoms with van der Waals surface area (Å²) in [5.41, 5.74) is 1.29. The highest BCUT2D eigenvalue weighted by molar-refractivity contribution is 6.00. The van der Waals surface area contributed by atoms with Crippen molar-refractivity contribution in [1.29, 1.82) is 0 Å². The Bertz CT molecular complexity index is 1270. The predicted molar refractivity (Wildman–Crippen MR) is 119 cm³/mol. The molecule has 1 heterocycles.